The van der Waals surface area contributed by atoms with Crippen LogP contribution in [0.15, 0.2) is 42.7 Å². The molecule has 2 aromatic rings. The van der Waals surface area contributed by atoms with E-state index in [1.165, 1.54) is 24.1 Å². The van der Waals surface area contributed by atoms with Gasteiger partial charge in [-0.25, -0.2) is 9.97 Å². The summed E-state index contributed by atoms with van der Waals surface area (Å²) in [7, 11) is 3.12. The summed E-state index contributed by atoms with van der Waals surface area (Å²) in [4.78, 5) is 44.9. The largest absolute Gasteiger partial charge is 0.497 e. The third-order valence-electron chi connectivity index (χ3n) is 3.23. The van der Waals surface area contributed by atoms with Crippen LogP contribution in [0.25, 0.3) is 0 Å². The average Bonchev–Trinajstić information content (AvgIpc) is 2.67. The first kappa shape index (κ1) is 18.8. The SMILES string of the molecule is COc1ccc(C(=O)NC(=O)COC(=O)CN(C)c2ncccn2)cc1. The number of carbonyl (C=O) groups is 3. The van der Waals surface area contributed by atoms with Gasteiger partial charge in [0.1, 0.15) is 12.3 Å². The van der Waals surface area contributed by atoms with E-state index in [-0.39, 0.29) is 12.1 Å². The molecule has 9 heteroatoms. The number of aromatic nitrogens is 2. The fourth-order valence-electron chi connectivity index (χ4n) is 1.92. The van der Waals surface area contributed by atoms with Crippen molar-refractivity contribution >= 4 is 23.7 Å². The monoisotopic (exact) mass is 358 g/mol. The zero-order valence-corrected chi connectivity index (χ0v) is 14.3. The van der Waals surface area contributed by atoms with E-state index in [0.29, 0.717) is 11.7 Å². The minimum Gasteiger partial charge on any atom is -0.497 e. The van der Waals surface area contributed by atoms with E-state index in [2.05, 4.69) is 15.3 Å². The maximum atomic E-state index is 11.9. The molecule has 1 aromatic carbocycles. The Kier molecular flexibility index (Phi) is 6.60. The summed E-state index contributed by atoms with van der Waals surface area (Å²) in [6.07, 6.45) is 3.09. The van der Waals surface area contributed by atoms with Crippen LogP contribution in [-0.2, 0) is 14.3 Å². The predicted molar refractivity (Wildman–Crippen MR) is 91.7 cm³/mol. The molecule has 136 valence electrons. The number of nitrogens with zero attached hydrogens (tertiary/aromatic N) is 3. The molecular weight excluding hydrogens is 340 g/mol. The van der Waals surface area contributed by atoms with Crippen LogP contribution in [0.5, 0.6) is 5.75 Å². The van der Waals surface area contributed by atoms with Gasteiger partial charge in [-0.2, -0.15) is 0 Å². The second-order valence-corrected chi connectivity index (χ2v) is 5.17. The van der Waals surface area contributed by atoms with Crippen molar-refractivity contribution in [2.45, 2.75) is 0 Å². The number of methoxy groups -OCH3 is 1. The molecule has 1 heterocycles. The van der Waals surface area contributed by atoms with Gasteiger partial charge in [-0.15, -0.1) is 0 Å². The molecule has 0 atom stereocenters. The van der Waals surface area contributed by atoms with Gasteiger partial charge in [-0.05, 0) is 30.3 Å². The second kappa shape index (κ2) is 9.11. The van der Waals surface area contributed by atoms with Crippen molar-refractivity contribution in [3.05, 3.63) is 48.3 Å². The number of benzene rings is 1. The summed E-state index contributed by atoms with van der Waals surface area (Å²) < 4.78 is 9.84. The molecule has 0 unspecified atom stereocenters. The molecule has 0 aliphatic heterocycles. The maximum absolute atomic E-state index is 11.9. The molecule has 2 rings (SSSR count). The number of imide groups is 1. The Bertz CT molecular complexity index is 764. The minimum atomic E-state index is -0.724. The van der Waals surface area contributed by atoms with E-state index in [1.54, 1.807) is 37.6 Å². The molecular formula is C17H18N4O5. The van der Waals surface area contributed by atoms with Crippen molar-refractivity contribution in [3.8, 4) is 5.75 Å². The summed E-state index contributed by atoms with van der Waals surface area (Å²) in [5.41, 5.74) is 0.284. The number of likely N-dealkylation sites (N-methyl/N-ethyl adjacent to an activating group) is 1. The molecule has 0 aliphatic carbocycles. The van der Waals surface area contributed by atoms with E-state index in [0.717, 1.165) is 0 Å². The fraction of sp³-hybridized carbons (Fsp3) is 0.235. The van der Waals surface area contributed by atoms with Crippen LogP contribution < -0.4 is 15.0 Å². The number of ether oxygens (including phenoxy) is 2. The zero-order chi connectivity index (χ0) is 18.9. The normalized spacial score (nSPS) is 9.92. The topological polar surface area (TPSA) is 111 Å². The lowest BCUT2D eigenvalue weighted by Gasteiger charge is -2.15. The second-order valence-electron chi connectivity index (χ2n) is 5.17. The predicted octanol–water partition coefficient (Wildman–Crippen LogP) is 0.421. The standard InChI is InChI=1S/C17H18N4O5/c1-21(17-18-8-3-9-19-17)10-15(23)26-11-14(22)20-16(24)12-4-6-13(25-2)7-5-12/h3-9H,10-11H2,1-2H3,(H,20,22,24). The summed E-state index contributed by atoms with van der Waals surface area (Å²) in [6, 6.07) is 7.88. The molecule has 0 spiro atoms. The van der Waals surface area contributed by atoms with Gasteiger partial charge in [0, 0.05) is 25.0 Å². The van der Waals surface area contributed by atoms with Crippen molar-refractivity contribution in [3.63, 3.8) is 0 Å². The van der Waals surface area contributed by atoms with E-state index in [4.69, 9.17) is 9.47 Å². The highest BCUT2D eigenvalue weighted by Crippen LogP contribution is 2.11. The van der Waals surface area contributed by atoms with Gasteiger partial charge in [-0.1, -0.05) is 0 Å². The average molecular weight is 358 g/mol. The third-order valence-corrected chi connectivity index (χ3v) is 3.23. The first-order chi connectivity index (χ1) is 12.5. The van der Waals surface area contributed by atoms with Crippen LogP contribution in [0.1, 0.15) is 10.4 Å². The Hall–Kier alpha value is -3.49. The summed E-state index contributed by atoms with van der Waals surface area (Å²) in [5, 5.41) is 2.14. The highest BCUT2D eigenvalue weighted by atomic mass is 16.5. The maximum Gasteiger partial charge on any atom is 0.326 e. The molecule has 0 aliphatic rings. The molecule has 0 fully saturated rings. The first-order valence-corrected chi connectivity index (χ1v) is 7.61. The van der Waals surface area contributed by atoms with E-state index >= 15 is 0 Å². The van der Waals surface area contributed by atoms with E-state index < -0.39 is 24.4 Å². The van der Waals surface area contributed by atoms with Crippen LogP contribution in [0.2, 0.25) is 0 Å². The fourth-order valence-corrected chi connectivity index (χ4v) is 1.92. The van der Waals surface area contributed by atoms with Crippen LogP contribution in [0.3, 0.4) is 0 Å². The molecule has 26 heavy (non-hydrogen) atoms. The highest BCUT2D eigenvalue weighted by molar-refractivity contribution is 6.05. The molecule has 0 saturated heterocycles. The quantitative estimate of drug-likeness (QED) is 0.709. The van der Waals surface area contributed by atoms with Gasteiger partial charge < -0.3 is 14.4 Å². The lowest BCUT2D eigenvalue weighted by molar-refractivity contribution is -0.146. The third kappa shape index (κ3) is 5.55. The van der Waals surface area contributed by atoms with Crippen molar-refractivity contribution in [1.29, 1.82) is 0 Å². The number of amides is 2. The van der Waals surface area contributed by atoms with Gasteiger partial charge in [0.05, 0.1) is 7.11 Å². The Morgan fingerprint density at radius 3 is 2.38 bits per heavy atom. The molecule has 0 bridgehead atoms. The lowest BCUT2D eigenvalue weighted by atomic mass is 10.2. The number of hydrogen-bond donors (Lipinski definition) is 1. The molecule has 2 amide bonds. The molecule has 1 N–H and O–H groups in total. The molecule has 0 saturated carbocycles. The molecule has 9 nitrogen and oxygen atoms in total. The van der Waals surface area contributed by atoms with Gasteiger partial charge in [0.25, 0.3) is 11.8 Å². The zero-order valence-electron chi connectivity index (χ0n) is 14.3. The lowest BCUT2D eigenvalue weighted by Crippen LogP contribution is -2.36. The number of esters is 1. The number of nitrogens with one attached hydrogen (secondary N) is 1. The van der Waals surface area contributed by atoms with Crippen molar-refractivity contribution in [1.82, 2.24) is 15.3 Å². The Morgan fingerprint density at radius 2 is 1.77 bits per heavy atom. The Balaban J connectivity index is 1.76. The van der Waals surface area contributed by atoms with E-state index in [1.807, 2.05) is 0 Å². The minimum absolute atomic E-state index is 0.135. The number of rotatable bonds is 7. The van der Waals surface area contributed by atoms with Crippen LogP contribution in [-0.4, -0.2) is 55.1 Å². The number of hydrogen-bond acceptors (Lipinski definition) is 8. The number of anilines is 1. The van der Waals surface area contributed by atoms with Crippen molar-refractivity contribution in [2.75, 3.05) is 32.2 Å². The Morgan fingerprint density at radius 1 is 1.12 bits per heavy atom. The van der Waals surface area contributed by atoms with Crippen molar-refractivity contribution < 1.29 is 23.9 Å². The van der Waals surface area contributed by atoms with Crippen molar-refractivity contribution in [2.24, 2.45) is 0 Å². The van der Waals surface area contributed by atoms with Crippen LogP contribution in [0.4, 0.5) is 5.95 Å². The van der Waals surface area contributed by atoms with Gasteiger partial charge >= 0.3 is 5.97 Å². The molecule has 0 radical (unpaired) electrons. The Labute approximate surface area is 150 Å². The van der Waals surface area contributed by atoms with Gasteiger partial charge in [-0.3, -0.25) is 19.7 Å². The van der Waals surface area contributed by atoms with E-state index in [9.17, 15) is 14.4 Å². The van der Waals surface area contributed by atoms with Gasteiger partial charge in [0.15, 0.2) is 6.61 Å². The number of carbonyl (C=O) groups excluding carboxylic acids is 3. The summed E-state index contributed by atoms with van der Waals surface area (Å²) in [5.74, 6) is -1.02. The van der Waals surface area contributed by atoms with Crippen LogP contribution >= 0.6 is 0 Å². The van der Waals surface area contributed by atoms with Gasteiger partial charge in [0.2, 0.25) is 5.95 Å². The van der Waals surface area contributed by atoms with Crippen LogP contribution in [0, 0.1) is 0 Å². The smallest absolute Gasteiger partial charge is 0.326 e. The molecule has 1 aromatic heterocycles. The summed E-state index contributed by atoms with van der Waals surface area (Å²) >= 11 is 0. The highest BCUT2D eigenvalue weighted by Gasteiger charge is 2.15. The first-order valence-electron chi connectivity index (χ1n) is 7.61. The summed E-state index contributed by atoms with van der Waals surface area (Å²) in [6.45, 7) is -0.700.